The molecule has 0 heterocycles. The normalized spacial score (nSPS) is 11.9. The predicted octanol–water partition coefficient (Wildman–Crippen LogP) is 7.09. The molecule has 0 aromatic heterocycles. The van der Waals surface area contributed by atoms with Crippen LogP contribution in [0.2, 0.25) is 0 Å². The number of hydrogen-bond acceptors (Lipinski definition) is 4. The maximum absolute atomic E-state index is 12.2. The van der Waals surface area contributed by atoms with Crippen molar-refractivity contribution in [2.75, 3.05) is 27.7 Å². The van der Waals surface area contributed by atoms with Crippen LogP contribution in [0.4, 0.5) is 0 Å². The van der Waals surface area contributed by atoms with Gasteiger partial charge in [-0.3, -0.25) is 0 Å². The summed E-state index contributed by atoms with van der Waals surface area (Å²) in [6, 6.07) is 11.2. The van der Waals surface area contributed by atoms with Crippen molar-refractivity contribution in [3.05, 3.63) is 59.7 Å². The summed E-state index contributed by atoms with van der Waals surface area (Å²) in [4.78, 5) is 22.2. The molecule has 0 saturated heterocycles. The van der Waals surface area contributed by atoms with Crippen molar-refractivity contribution in [3.8, 4) is 0 Å². The minimum absolute atomic E-state index is 0.00646. The molecule has 0 aliphatic heterocycles. The van der Waals surface area contributed by atoms with E-state index in [1.807, 2.05) is 0 Å². The Morgan fingerprint density at radius 1 is 0.650 bits per heavy atom. The maximum atomic E-state index is 12.2. The number of carbonyl (C=O) groups is 2. The second-order valence-corrected chi connectivity index (χ2v) is 13.0. The Morgan fingerprint density at radius 2 is 1.00 bits per heavy atom. The quantitative estimate of drug-likeness (QED) is 0.143. The van der Waals surface area contributed by atoms with Crippen molar-refractivity contribution in [1.29, 1.82) is 0 Å². The average Bonchev–Trinajstić information content (AvgIpc) is 2.92. The first-order valence-corrected chi connectivity index (χ1v) is 16.1. The van der Waals surface area contributed by atoms with Gasteiger partial charge in [0.1, 0.15) is 0 Å². The molecule has 6 nitrogen and oxygen atoms in total. The highest BCUT2D eigenvalue weighted by Crippen LogP contribution is 2.18. The van der Waals surface area contributed by atoms with E-state index in [1.165, 1.54) is 145 Å². The average molecular weight is 574 g/mol. The molecule has 0 radical (unpaired) electrons. The molecule has 2 aromatic carbocycles. The van der Waals surface area contributed by atoms with Crippen molar-refractivity contribution >= 4 is 22.7 Å². The van der Waals surface area contributed by atoms with Crippen LogP contribution in [-0.4, -0.2) is 53.4 Å². The number of carboxylic acid groups (broad SMARTS) is 2. The summed E-state index contributed by atoms with van der Waals surface area (Å²) >= 11 is 0. The van der Waals surface area contributed by atoms with Crippen molar-refractivity contribution in [3.63, 3.8) is 0 Å². The topological polar surface area (TPSA) is 94.5 Å². The number of aromatic carboxylic acids is 2. The lowest BCUT2D eigenvalue weighted by Crippen LogP contribution is -2.35. The molecule has 0 amide bonds. The van der Waals surface area contributed by atoms with Gasteiger partial charge in [-0.1, -0.05) is 96.1 Å². The molecule has 2 rings (SSSR count). The molecule has 1 unspecified atom stereocenters. The van der Waals surface area contributed by atoms with Crippen molar-refractivity contribution < 1.29 is 28.5 Å². The van der Waals surface area contributed by atoms with Crippen LogP contribution in [0.1, 0.15) is 118 Å². The third kappa shape index (κ3) is 16.6. The second-order valence-electron chi connectivity index (χ2n) is 11.5. The van der Waals surface area contributed by atoms with Gasteiger partial charge in [0.05, 0.1) is 50.0 Å². The SMILES string of the molecule is CCCCCCCCCCCCCCCC[N+](C)(C)C.O=C([O-])c1ccc(S(=O)c2ccc(C(=O)O)cc2)cc1. The van der Waals surface area contributed by atoms with E-state index in [9.17, 15) is 18.9 Å². The molecule has 40 heavy (non-hydrogen) atoms. The third-order valence-corrected chi connectivity index (χ3v) is 8.20. The molecule has 0 bridgehead atoms. The first-order valence-electron chi connectivity index (χ1n) is 14.9. The lowest BCUT2D eigenvalue weighted by Gasteiger charge is -2.23. The maximum Gasteiger partial charge on any atom is 0.335 e. The van der Waals surface area contributed by atoms with Crippen LogP contribution in [0.3, 0.4) is 0 Å². The number of carbonyl (C=O) groups excluding carboxylic acids is 1. The van der Waals surface area contributed by atoms with Gasteiger partial charge in [-0.15, -0.1) is 0 Å². The van der Waals surface area contributed by atoms with Crippen LogP contribution in [0.15, 0.2) is 58.3 Å². The number of unbranched alkanes of at least 4 members (excludes halogenated alkanes) is 13. The largest absolute Gasteiger partial charge is 0.545 e. The van der Waals surface area contributed by atoms with Crippen molar-refractivity contribution in [2.24, 2.45) is 0 Å². The summed E-state index contributed by atoms with van der Waals surface area (Å²) in [7, 11) is 5.39. The Bertz CT molecular complexity index is 937. The van der Waals surface area contributed by atoms with Gasteiger partial charge in [0, 0.05) is 9.79 Å². The molecule has 0 saturated carbocycles. The zero-order valence-electron chi connectivity index (χ0n) is 25.2. The Hall–Kier alpha value is -2.51. The van der Waals surface area contributed by atoms with Crippen LogP contribution in [-0.2, 0) is 10.8 Å². The van der Waals surface area contributed by atoms with E-state index < -0.39 is 22.7 Å². The highest BCUT2D eigenvalue weighted by molar-refractivity contribution is 7.85. The van der Waals surface area contributed by atoms with Crippen LogP contribution in [0, 0.1) is 0 Å². The summed E-state index contributed by atoms with van der Waals surface area (Å²) in [5.74, 6) is -2.35. The van der Waals surface area contributed by atoms with Gasteiger partial charge in [-0.2, -0.15) is 0 Å². The Labute approximate surface area is 244 Å². The van der Waals surface area contributed by atoms with Gasteiger partial charge in [-0.25, -0.2) is 9.00 Å². The number of carboxylic acids is 2. The molecule has 0 aliphatic carbocycles. The number of hydrogen-bond donors (Lipinski definition) is 1. The standard InChI is InChI=1S/C19H42N.C14H10O5S/c1-5-6-7-8-9-10-11-12-13-14-15-16-17-18-19-20(2,3)4;15-13(16)9-1-5-11(6-2-9)20(19)12-7-3-10(4-8-12)14(17)18/h5-19H2,1-4H3;1-8H,(H,15,16)(H,17,18)/q+1;/p-1. The van der Waals surface area contributed by atoms with Gasteiger partial charge < -0.3 is 19.5 Å². The molecule has 0 aliphatic rings. The molecule has 0 spiro atoms. The zero-order chi connectivity index (χ0) is 29.8. The summed E-state index contributed by atoms with van der Waals surface area (Å²) in [6.07, 6.45) is 20.4. The highest BCUT2D eigenvalue weighted by atomic mass is 32.2. The summed E-state index contributed by atoms with van der Waals surface area (Å²) in [5.41, 5.74) is 0.116. The van der Waals surface area contributed by atoms with Crippen molar-refractivity contribution in [1.82, 2.24) is 0 Å². The number of quaternary nitrogens is 1. The van der Waals surface area contributed by atoms with E-state index in [0.29, 0.717) is 9.79 Å². The van der Waals surface area contributed by atoms with Gasteiger partial charge in [0.15, 0.2) is 0 Å². The summed E-state index contributed by atoms with van der Waals surface area (Å²) in [6.45, 7) is 3.63. The first-order chi connectivity index (χ1) is 19.0. The lowest BCUT2D eigenvalue weighted by atomic mass is 10.0. The molecule has 0 fully saturated rings. The van der Waals surface area contributed by atoms with Crippen LogP contribution in [0.25, 0.3) is 0 Å². The molecule has 7 heteroatoms. The van der Waals surface area contributed by atoms with E-state index in [-0.39, 0.29) is 11.1 Å². The summed E-state index contributed by atoms with van der Waals surface area (Å²) in [5, 5.41) is 19.4. The van der Waals surface area contributed by atoms with Gasteiger partial charge in [0.25, 0.3) is 0 Å². The number of rotatable bonds is 19. The van der Waals surface area contributed by atoms with E-state index in [0.717, 1.165) is 4.48 Å². The van der Waals surface area contributed by atoms with Gasteiger partial charge in [0.2, 0.25) is 0 Å². The number of nitrogens with zero attached hydrogens (tertiary/aromatic N) is 1. The Morgan fingerprint density at radius 3 is 1.32 bits per heavy atom. The fourth-order valence-corrected chi connectivity index (χ4v) is 5.39. The molecule has 1 N–H and O–H groups in total. The van der Waals surface area contributed by atoms with Crippen LogP contribution in [0.5, 0.6) is 0 Å². The van der Waals surface area contributed by atoms with Crippen molar-refractivity contribution in [2.45, 2.75) is 107 Å². The molecular weight excluding hydrogens is 522 g/mol. The van der Waals surface area contributed by atoms with Gasteiger partial charge >= 0.3 is 5.97 Å². The number of benzene rings is 2. The Balaban J connectivity index is 0.000000400. The molecule has 224 valence electrons. The van der Waals surface area contributed by atoms with Crippen LogP contribution < -0.4 is 5.11 Å². The van der Waals surface area contributed by atoms with Crippen LogP contribution >= 0.6 is 0 Å². The molecular formula is C33H51NO5S. The fourth-order valence-electron chi connectivity index (χ4n) is 4.35. The summed E-state index contributed by atoms with van der Waals surface area (Å²) < 4.78 is 13.3. The lowest BCUT2D eigenvalue weighted by molar-refractivity contribution is -0.870. The first kappa shape index (κ1) is 35.5. The minimum Gasteiger partial charge on any atom is -0.545 e. The van der Waals surface area contributed by atoms with E-state index in [4.69, 9.17) is 5.11 Å². The van der Waals surface area contributed by atoms with E-state index >= 15 is 0 Å². The monoisotopic (exact) mass is 573 g/mol. The molecule has 2 aromatic rings. The third-order valence-electron chi connectivity index (χ3n) is 6.80. The van der Waals surface area contributed by atoms with E-state index in [2.05, 4.69) is 28.1 Å². The van der Waals surface area contributed by atoms with E-state index in [1.54, 1.807) is 0 Å². The van der Waals surface area contributed by atoms with Gasteiger partial charge in [-0.05, 0) is 54.8 Å². The Kier molecular flexibility index (Phi) is 18.1. The fraction of sp³-hybridized carbons (Fsp3) is 0.576. The zero-order valence-corrected chi connectivity index (χ0v) is 26.0. The smallest absolute Gasteiger partial charge is 0.335 e. The minimum atomic E-state index is -1.50. The second kappa shape index (κ2) is 20.4. The molecule has 1 atom stereocenters. The highest BCUT2D eigenvalue weighted by Gasteiger charge is 2.09. The predicted molar refractivity (Wildman–Crippen MR) is 162 cm³/mol.